The highest BCUT2D eigenvalue weighted by Crippen LogP contribution is 2.26. The molecule has 0 aromatic rings. The van der Waals surface area contributed by atoms with Crippen molar-refractivity contribution < 1.29 is 29.7 Å². The average molecular weight is 314 g/mol. The highest BCUT2D eigenvalue weighted by Gasteiger charge is 2.53. The summed E-state index contributed by atoms with van der Waals surface area (Å²) >= 11 is 0. The first-order valence-corrected chi connectivity index (χ1v) is 7.67. The molecular weight excluding hydrogens is 288 g/mol. The van der Waals surface area contributed by atoms with Gasteiger partial charge in [0.05, 0.1) is 5.92 Å². The molecule has 6 nitrogen and oxygen atoms in total. The highest BCUT2D eigenvalue weighted by atomic mass is 16.4. The summed E-state index contributed by atoms with van der Waals surface area (Å²) < 4.78 is 0. The van der Waals surface area contributed by atoms with Gasteiger partial charge in [0.25, 0.3) is 5.60 Å². The van der Waals surface area contributed by atoms with Crippen LogP contribution in [0.15, 0.2) is 12.7 Å². The van der Waals surface area contributed by atoms with Gasteiger partial charge in [0.1, 0.15) is 0 Å². The summed E-state index contributed by atoms with van der Waals surface area (Å²) in [5.41, 5.74) is -3.10. The lowest BCUT2D eigenvalue weighted by atomic mass is 9.80. The van der Waals surface area contributed by atoms with Crippen LogP contribution in [-0.4, -0.2) is 38.6 Å². The number of carboxylic acid groups (broad SMARTS) is 2. The molecule has 0 saturated heterocycles. The monoisotopic (exact) mass is 314 g/mol. The summed E-state index contributed by atoms with van der Waals surface area (Å²) in [5.74, 6) is -6.14. The second kappa shape index (κ2) is 10.1. The number of hydrogen-bond acceptors (Lipinski definition) is 4. The van der Waals surface area contributed by atoms with Crippen molar-refractivity contribution >= 4 is 17.7 Å². The molecule has 0 aliphatic rings. The predicted molar refractivity (Wildman–Crippen MR) is 81.5 cm³/mol. The molecule has 0 fully saturated rings. The van der Waals surface area contributed by atoms with E-state index in [1.165, 1.54) is 0 Å². The Bertz CT molecular complexity index is 387. The van der Waals surface area contributed by atoms with Crippen LogP contribution < -0.4 is 0 Å². The molecular formula is C16H26O6. The third-order valence-corrected chi connectivity index (χ3v) is 3.80. The third-order valence-electron chi connectivity index (χ3n) is 3.80. The van der Waals surface area contributed by atoms with Crippen molar-refractivity contribution in [3.05, 3.63) is 12.7 Å². The number of unbranched alkanes of at least 4 members (excludes halogenated alkanes) is 6. The first-order chi connectivity index (χ1) is 10.3. The summed E-state index contributed by atoms with van der Waals surface area (Å²) in [5, 5.41) is 27.9. The topological polar surface area (TPSA) is 112 Å². The van der Waals surface area contributed by atoms with Gasteiger partial charge in [-0.3, -0.25) is 4.79 Å². The largest absolute Gasteiger partial charge is 0.479 e. The molecule has 0 rings (SSSR count). The van der Waals surface area contributed by atoms with E-state index >= 15 is 0 Å². The SMILES string of the molecule is C=CC(=O)C(CCCCCCCCC)C(O)(C(=O)O)C(=O)O. The highest BCUT2D eigenvalue weighted by molar-refractivity contribution is 6.08. The van der Waals surface area contributed by atoms with Crippen molar-refractivity contribution in [3.8, 4) is 0 Å². The second-order valence-electron chi connectivity index (χ2n) is 5.45. The van der Waals surface area contributed by atoms with Crippen LogP contribution in [0.2, 0.25) is 0 Å². The Morgan fingerprint density at radius 2 is 1.45 bits per heavy atom. The maximum absolute atomic E-state index is 11.8. The van der Waals surface area contributed by atoms with E-state index in [1.807, 2.05) is 0 Å². The van der Waals surface area contributed by atoms with Crippen LogP contribution in [0.3, 0.4) is 0 Å². The molecule has 3 N–H and O–H groups in total. The van der Waals surface area contributed by atoms with Gasteiger partial charge in [0.15, 0.2) is 5.78 Å². The first kappa shape index (κ1) is 20.3. The van der Waals surface area contributed by atoms with Gasteiger partial charge in [0, 0.05) is 0 Å². The predicted octanol–water partition coefficient (Wildman–Crippen LogP) is 2.40. The molecule has 0 heterocycles. The Morgan fingerprint density at radius 1 is 1.00 bits per heavy atom. The van der Waals surface area contributed by atoms with Crippen LogP contribution in [0.25, 0.3) is 0 Å². The number of carbonyl (C=O) groups is 3. The lowest BCUT2D eigenvalue weighted by Crippen LogP contribution is -2.55. The van der Waals surface area contributed by atoms with Gasteiger partial charge in [-0.05, 0) is 12.5 Å². The van der Waals surface area contributed by atoms with Gasteiger partial charge >= 0.3 is 11.9 Å². The number of aliphatic hydroxyl groups is 1. The van der Waals surface area contributed by atoms with Crippen LogP contribution in [0, 0.1) is 5.92 Å². The molecule has 126 valence electrons. The second-order valence-corrected chi connectivity index (χ2v) is 5.45. The number of ketones is 1. The molecule has 0 aliphatic heterocycles. The van der Waals surface area contributed by atoms with Gasteiger partial charge in [-0.25, -0.2) is 9.59 Å². The molecule has 22 heavy (non-hydrogen) atoms. The minimum atomic E-state index is -3.10. The van der Waals surface area contributed by atoms with Crippen LogP contribution in [0.5, 0.6) is 0 Å². The molecule has 0 aromatic heterocycles. The van der Waals surface area contributed by atoms with Gasteiger partial charge in [-0.2, -0.15) is 0 Å². The van der Waals surface area contributed by atoms with Crippen molar-refractivity contribution in [1.29, 1.82) is 0 Å². The molecule has 1 unspecified atom stereocenters. The zero-order valence-corrected chi connectivity index (χ0v) is 13.1. The fourth-order valence-corrected chi connectivity index (χ4v) is 2.39. The van der Waals surface area contributed by atoms with Crippen LogP contribution in [0.1, 0.15) is 58.3 Å². The third kappa shape index (κ3) is 5.60. The molecule has 0 aromatic carbocycles. The molecule has 0 bridgehead atoms. The molecule has 0 spiro atoms. The lowest BCUT2D eigenvalue weighted by Gasteiger charge is -2.26. The van der Waals surface area contributed by atoms with E-state index in [0.29, 0.717) is 6.42 Å². The Morgan fingerprint density at radius 3 is 1.86 bits per heavy atom. The maximum atomic E-state index is 11.8. The fraction of sp³-hybridized carbons (Fsp3) is 0.688. The van der Waals surface area contributed by atoms with Crippen LogP contribution in [0.4, 0.5) is 0 Å². The summed E-state index contributed by atoms with van der Waals surface area (Å²) in [6.45, 7) is 5.36. The lowest BCUT2D eigenvalue weighted by molar-refractivity contribution is -0.184. The molecule has 0 aliphatic carbocycles. The van der Waals surface area contributed by atoms with Gasteiger partial charge < -0.3 is 15.3 Å². The standard InChI is InChI=1S/C16H26O6/c1-3-5-6-7-8-9-10-11-12(13(17)4-2)16(22,14(18)19)15(20)21/h4,12,22H,2-3,5-11H2,1H3,(H,18,19)(H,20,21). The molecule has 0 saturated carbocycles. The summed E-state index contributed by atoms with van der Waals surface area (Å²) in [6, 6.07) is 0. The molecule has 1 atom stereocenters. The zero-order chi connectivity index (χ0) is 17.2. The van der Waals surface area contributed by atoms with Gasteiger partial charge in [-0.15, -0.1) is 0 Å². The minimum absolute atomic E-state index is 0.00767. The maximum Gasteiger partial charge on any atom is 0.348 e. The van der Waals surface area contributed by atoms with Crippen molar-refractivity contribution in [1.82, 2.24) is 0 Å². The van der Waals surface area contributed by atoms with Gasteiger partial charge in [-0.1, -0.05) is 58.4 Å². The van der Waals surface area contributed by atoms with E-state index in [2.05, 4.69) is 13.5 Å². The van der Waals surface area contributed by atoms with E-state index in [0.717, 1.165) is 44.6 Å². The number of aliphatic carboxylic acids is 2. The van der Waals surface area contributed by atoms with E-state index in [9.17, 15) is 19.5 Å². The summed E-state index contributed by atoms with van der Waals surface area (Å²) in [7, 11) is 0. The number of allylic oxidation sites excluding steroid dienone is 1. The first-order valence-electron chi connectivity index (χ1n) is 7.67. The van der Waals surface area contributed by atoms with Crippen LogP contribution in [-0.2, 0) is 14.4 Å². The number of rotatable bonds is 13. The smallest absolute Gasteiger partial charge is 0.348 e. The quantitative estimate of drug-likeness (QED) is 0.273. The Balaban J connectivity index is 4.67. The summed E-state index contributed by atoms with van der Waals surface area (Å²) in [4.78, 5) is 34.0. The van der Waals surface area contributed by atoms with E-state index in [4.69, 9.17) is 10.2 Å². The van der Waals surface area contributed by atoms with Crippen LogP contribution >= 0.6 is 0 Å². The Kier molecular flexibility index (Phi) is 9.33. The van der Waals surface area contributed by atoms with E-state index < -0.39 is 29.2 Å². The summed E-state index contributed by atoms with van der Waals surface area (Å²) in [6.07, 6.45) is 7.54. The number of carboxylic acids is 2. The van der Waals surface area contributed by atoms with Crippen molar-refractivity contribution in [2.45, 2.75) is 63.9 Å². The van der Waals surface area contributed by atoms with Crippen molar-refractivity contribution in [2.75, 3.05) is 0 Å². The molecule has 6 heteroatoms. The molecule has 0 radical (unpaired) electrons. The molecule has 0 amide bonds. The van der Waals surface area contributed by atoms with Gasteiger partial charge in [0.2, 0.25) is 0 Å². The zero-order valence-electron chi connectivity index (χ0n) is 13.1. The minimum Gasteiger partial charge on any atom is -0.479 e. The average Bonchev–Trinajstić information content (AvgIpc) is 2.48. The van der Waals surface area contributed by atoms with Crippen molar-refractivity contribution in [3.63, 3.8) is 0 Å². The van der Waals surface area contributed by atoms with Crippen molar-refractivity contribution in [2.24, 2.45) is 5.92 Å². The fourth-order valence-electron chi connectivity index (χ4n) is 2.39. The Hall–Kier alpha value is -1.69. The number of carbonyl (C=O) groups excluding carboxylic acids is 1. The normalized spacial score (nSPS) is 12.6. The Labute approximate surface area is 130 Å². The van der Waals surface area contributed by atoms with E-state index in [1.54, 1.807) is 0 Å². The van der Waals surface area contributed by atoms with E-state index in [-0.39, 0.29) is 6.42 Å². The number of hydrogen-bond donors (Lipinski definition) is 3.